The molecule has 2 atom stereocenters. The molecule has 1 saturated heterocycles. The van der Waals surface area contributed by atoms with Crippen molar-refractivity contribution in [1.29, 1.82) is 0 Å². The molecule has 2 aliphatic rings. The molecule has 0 unspecified atom stereocenters. The Labute approximate surface area is 174 Å². The van der Waals surface area contributed by atoms with E-state index in [1.807, 2.05) is 17.4 Å². The molecule has 28 heavy (non-hydrogen) atoms. The highest BCUT2D eigenvalue weighted by Crippen LogP contribution is 2.36. The largest absolute Gasteiger partial charge is 0.311 e. The number of thiophene rings is 1. The van der Waals surface area contributed by atoms with E-state index in [1.54, 1.807) is 11.8 Å². The lowest BCUT2D eigenvalue weighted by Crippen LogP contribution is -2.46. The van der Waals surface area contributed by atoms with Gasteiger partial charge in [0.15, 0.2) is 0 Å². The second kappa shape index (κ2) is 7.54. The maximum Gasteiger partial charge on any atom is 0.258 e. The molecule has 5 rings (SSSR count). The van der Waals surface area contributed by atoms with Crippen LogP contribution in [0.5, 0.6) is 0 Å². The minimum Gasteiger partial charge on any atom is -0.311 e. The molecular weight excluding hydrogens is 384 g/mol. The highest BCUT2D eigenvalue weighted by atomic mass is 32.2. The molecule has 0 radical (unpaired) electrons. The van der Waals surface area contributed by atoms with Crippen LogP contribution in [0, 0.1) is 5.92 Å². The molecule has 4 heterocycles. The molecule has 1 fully saturated rings. The number of aromatic nitrogens is 1. The van der Waals surface area contributed by atoms with E-state index in [9.17, 15) is 4.79 Å². The normalized spacial score (nSPS) is 21.5. The predicted molar refractivity (Wildman–Crippen MR) is 118 cm³/mol. The van der Waals surface area contributed by atoms with E-state index in [-0.39, 0.29) is 5.56 Å². The van der Waals surface area contributed by atoms with Crippen LogP contribution in [0.1, 0.15) is 22.9 Å². The molecule has 2 bridgehead atoms. The smallest absolute Gasteiger partial charge is 0.258 e. The third kappa shape index (κ3) is 3.36. The van der Waals surface area contributed by atoms with E-state index < -0.39 is 0 Å². The maximum atomic E-state index is 13.3. The molecule has 0 aliphatic carbocycles. The van der Waals surface area contributed by atoms with Gasteiger partial charge in [0, 0.05) is 53.1 Å². The molecule has 0 spiro atoms. The first kappa shape index (κ1) is 18.2. The predicted octanol–water partition coefficient (Wildman–Crippen LogP) is 4.92. The zero-order chi connectivity index (χ0) is 19.1. The van der Waals surface area contributed by atoms with Crippen molar-refractivity contribution in [3.63, 3.8) is 0 Å². The second-order valence-electron chi connectivity index (χ2n) is 7.89. The van der Waals surface area contributed by atoms with Crippen LogP contribution in [0.15, 0.2) is 63.6 Å². The highest BCUT2D eigenvalue weighted by molar-refractivity contribution is 7.98. The van der Waals surface area contributed by atoms with Gasteiger partial charge in [0.1, 0.15) is 0 Å². The number of pyridine rings is 1. The van der Waals surface area contributed by atoms with Crippen LogP contribution in [0.25, 0.3) is 11.1 Å². The van der Waals surface area contributed by atoms with Crippen LogP contribution in [-0.2, 0) is 13.1 Å². The Bertz CT molecular complexity index is 1020. The third-order valence-corrected chi connectivity index (χ3v) is 7.65. The summed E-state index contributed by atoms with van der Waals surface area (Å²) in [6, 6.07) is 16.9. The number of nitrogens with zero attached hydrogens (tertiary/aromatic N) is 2. The zero-order valence-corrected chi connectivity index (χ0v) is 17.6. The number of hydrogen-bond acceptors (Lipinski definition) is 4. The lowest BCUT2D eigenvalue weighted by Gasteiger charge is -2.42. The van der Waals surface area contributed by atoms with Crippen LogP contribution in [0.4, 0.5) is 0 Å². The Morgan fingerprint density at radius 2 is 1.93 bits per heavy atom. The molecule has 0 N–H and O–H groups in total. The molecular formula is C23H24N2OS2. The minimum absolute atomic E-state index is 0.177. The average molecular weight is 409 g/mol. The number of benzene rings is 1. The van der Waals surface area contributed by atoms with Gasteiger partial charge in [-0.05, 0) is 59.9 Å². The van der Waals surface area contributed by atoms with Gasteiger partial charge in [-0.1, -0.05) is 18.2 Å². The summed E-state index contributed by atoms with van der Waals surface area (Å²) in [5.41, 5.74) is 3.25. The van der Waals surface area contributed by atoms with Crippen LogP contribution >= 0.6 is 23.1 Å². The van der Waals surface area contributed by atoms with Gasteiger partial charge in [-0.2, -0.15) is 0 Å². The molecule has 0 amide bonds. The first-order chi connectivity index (χ1) is 13.7. The van der Waals surface area contributed by atoms with E-state index >= 15 is 0 Å². The van der Waals surface area contributed by atoms with Gasteiger partial charge in [-0.15, -0.1) is 23.1 Å². The van der Waals surface area contributed by atoms with E-state index in [0.717, 1.165) is 37.3 Å². The van der Waals surface area contributed by atoms with E-state index in [4.69, 9.17) is 0 Å². The van der Waals surface area contributed by atoms with Gasteiger partial charge < -0.3 is 4.57 Å². The SMILES string of the molecule is CSc1ccc(-c2ccc3n(c2=O)C[C@@H]2C[C@@H]3CN(Cc3cccs3)C2)cc1. The summed E-state index contributed by atoms with van der Waals surface area (Å²) < 4.78 is 2.07. The fourth-order valence-corrected chi connectivity index (χ4v) is 5.94. The monoisotopic (exact) mass is 408 g/mol. The summed E-state index contributed by atoms with van der Waals surface area (Å²) in [5, 5.41) is 2.15. The molecule has 2 aromatic heterocycles. The van der Waals surface area contributed by atoms with Crippen molar-refractivity contribution in [2.75, 3.05) is 19.3 Å². The van der Waals surface area contributed by atoms with Gasteiger partial charge in [0.05, 0.1) is 0 Å². The van der Waals surface area contributed by atoms with Gasteiger partial charge >= 0.3 is 0 Å². The van der Waals surface area contributed by atoms with Crippen LogP contribution in [0.2, 0.25) is 0 Å². The van der Waals surface area contributed by atoms with Crippen LogP contribution in [0.3, 0.4) is 0 Å². The fraction of sp³-hybridized carbons (Fsp3) is 0.348. The summed E-state index contributed by atoms with van der Waals surface area (Å²) in [4.78, 5) is 18.5. The third-order valence-electron chi connectivity index (χ3n) is 6.04. The Kier molecular flexibility index (Phi) is 4.91. The highest BCUT2D eigenvalue weighted by Gasteiger charge is 2.35. The van der Waals surface area contributed by atoms with Crippen LogP contribution < -0.4 is 5.56 Å². The van der Waals surface area contributed by atoms with Crippen LogP contribution in [-0.4, -0.2) is 28.8 Å². The van der Waals surface area contributed by atoms with Gasteiger partial charge in [-0.3, -0.25) is 9.69 Å². The van der Waals surface area contributed by atoms with Crippen molar-refractivity contribution in [3.8, 4) is 11.1 Å². The maximum absolute atomic E-state index is 13.3. The first-order valence-corrected chi connectivity index (χ1v) is 11.9. The van der Waals surface area contributed by atoms with Crippen molar-refractivity contribution in [2.45, 2.75) is 30.3 Å². The summed E-state index contributed by atoms with van der Waals surface area (Å²) in [6.45, 7) is 4.03. The number of rotatable bonds is 4. The van der Waals surface area contributed by atoms with Crippen molar-refractivity contribution in [2.24, 2.45) is 5.92 Å². The van der Waals surface area contributed by atoms with Crippen molar-refractivity contribution in [3.05, 3.63) is 74.8 Å². The lowest BCUT2D eigenvalue weighted by atomic mass is 9.82. The van der Waals surface area contributed by atoms with Gasteiger partial charge in [0.2, 0.25) is 0 Å². The van der Waals surface area contributed by atoms with Crippen molar-refractivity contribution < 1.29 is 0 Å². The Morgan fingerprint density at radius 3 is 2.68 bits per heavy atom. The van der Waals surface area contributed by atoms with E-state index in [1.165, 1.54) is 21.9 Å². The molecule has 144 valence electrons. The Balaban J connectivity index is 1.44. The molecule has 3 aromatic rings. The summed E-state index contributed by atoms with van der Waals surface area (Å²) in [5.74, 6) is 1.03. The number of hydrogen-bond donors (Lipinski definition) is 0. The quantitative estimate of drug-likeness (QED) is 0.573. The molecule has 1 aromatic carbocycles. The molecule has 3 nitrogen and oxygen atoms in total. The second-order valence-corrected chi connectivity index (χ2v) is 9.80. The molecule has 2 aliphatic heterocycles. The van der Waals surface area contributed by atoms with Crippen molar-refractivity contribution >= 4 is 23.1 Å². The van der Waals surface area contributed by atoms with Gasteiger partial charge in [0.25, 0.3) is 5.56 Å². The van der Waals surface area contributed by atoms with E-state index in [2.05, 4.69) is 63.6 Å². The number of likely N-dealkylation sites (tertiary alicyclic amines) is 1. The Hall–Kier alpha value is -1.82. The summed E-state index contributed by atoms with van der Waals surface area (Å²) in [7, 11) is 0. The first-order valence-electron chi connectivity index (χ1n) is 9.84. The Morgan fingerprint density at radius 1 is 1.07 bits per heavy atom. The average Bonchev–Trinajstić information content (AvgIpc) is 3.22. The standard InChI is InChI=1S/C23H24N2OS2/c1-27-19-6-4-17(5-7-19)21-8-9-22-18-11-16(13-25(22)23(21)26)12-24(14-18)15-20-3-2-10-28-20/h2-10,16,18H,11-15H2,1H3/t16-,18-/m1/s1. The van der Waals surface area contributed by atoms with Gasteiger partial charge in [-0.25, -0.2) is 0 Å². The topological polar surface area (TPSA) is 25.2 Å². The summed E-state index contributed by atoms with van der Waals surface area (Å²) in [6.07, 6.45) is 3.28. The van der Waals surface area contributed by atoms with E-state index in [0.29, 0.717) is 11.8 Å². The minimum atomic E-state index is 0.177. The fourth-order valence-electron chi connectivity index (χ4n) is 4.79. The number of fused-ring (bicyclic) bond motifs is 4. The summed E-state index contributed by atoms with van der Waals surface area (Å²) >= 11 is 3.56. The zero-order valence-electron chi connectivity index (χ0n) is 16.0. The van der Waals surface area contributed by atoms with Crippen molar-refractivity contribution in [1.82, 2.24) is 9.47 Å². The number of thioether (sulfide) groups is 1. The lowest BCUT2D eigenvalue weighted by molar-refractivity contribution is 0.115. The molecule has 5 heteroatoms. The molecule has 0 saturated carbocycles. The number of piperidine rings is 1.